The van der Waals surface area contributed by atoms with E-state index >= 15 is 0 Å². The van der Waals surface area contributed by atoms with Crippen LogP contribution in [0.3, 0.4) is 0 Å². The molecule has 1 N–H and O–H groups in total. The van der Waals surface area contributed by atoms with Crippen molar-refractivity contribution in [1.29, 1.82) is 0 Å². The number of anilines is 2. The predicted molar refractivity (Wildman–Crippen MR) is 91.2 cm³/mol. The Hall–Kier alpha value is -2.70. The molecular weight excluding hydrogens is 325 g/mol. The highest BCUT2D eigenvalue weighted by Crippen LogP contribution is 2.29. The summed E-state index contributed by atoms with van der Waals surface area (Å²) in [6, 6.07) is 6.31. The zero-order valence-corrected chi connectivity index (χ0v) is 14.2. The minimum Gasteiger partial charge on any atom is -0.371 e. The summed E-state index contributed by atoms with van der Waals surface area (Å²) < 4.78 is 18.9. The number of carbonyl (C=O) groups excluding carboxylic acids is 2. The van der Waals surface area contributed by atoms with Crippen LogP contribution in [0.15, 0.2) is 28.8 Å². The van der Waals surface area contributed by atoms with Crippen LogP contribution in [-0.4, -0.2) is 29.9 Å². The van der Waals surface area contributed by atoms with Gasteiger partial charge in [-0.1, -0.05) is 11.2 Å². The van der Waals surface area contributed by atoms with Crippen molar-refractivity contribution < 1.29 is 18.5 Å². The van der Waals surface area contributed by atoms with Gasteiger partial charge in [0, 0.05) is 25.1 Å². The Morgan fingerprint density at radius 3 is 2.64 bits per heavy atom. The molecule has 132 valence electrons. The zero-order valence-electron chi connectivity index (χ0n) is 14.2. The molecule has 3 rings (SSSR count). The number of hydrogen-bond donors (Lipinski definition) is 1. The minimum atomic E-state index is -0.508. The van der Waals surface area contributed by atoms with Crippen molar-refractivity contribution in [2.75, 3.05) is 23.3 Å². The Labute approximate surface area is 145 Å². The van der Waals surface area contributed by atoms with E-state index in [0.29, 0.717) is 43.2 Å². The third-order valence-corrected chi connectivity index (χ3v) is 4.43. The van der Waals surface area contributed by atoms with Gasteiger partial charge in [-0.2, -0.15) is 0 Å². The predicted octanol–water partition coefficient (Wildman–Crippen LogP) is 3.18. The molecule has 2 aromatic rings. The molecule has 0 unspecified atom stereocenters. The highest BCUT2D eigenvalue weighted by atomic mass is 19.1. The molecule has 1 aliphatic heterocycles. The quantitative estimate of drug-likeness (QED) is 0.862. The maximum absolute atomic E-state index is 14.0. The molecule has 0 saturated carbocycles. The first-order valence-corrected chi connectivity index (χ1v) is 8.24. The van der Waals surface area contributed by atoms with E-state index < -0.39 is 5.82 Å². The van der Waals surface area contributed by atoms with Crippen LogP contribution in [0, 0.1) is 18.7 Å². The van der Waals surface area contributed by atoms with Crippen LogP contribution in [0.5, 0.6) is 0 Å². The van der Waals surface area contributed by atoms with Gasteiger partial charge in [0.05, 0.1) is 11.3 Å². The highest BCUT2D eigenvalue weighted by Gasteiger charge is 2.27. The summed E-state index contributed by atoms with van der Waals surface area (Å²) in [6.45, 7) is 4.29. The maximum Gasteiger partial charge on any atom is 0.228 e. The van der Waals surface area contributed by atoms with E-state index in [1.54, 1.807) is 25.1 Å². The van der Waals surface area contributed by atoms with Gasteiger partial charge in [-0.3, -0.25) is 9.59 Å². The third kappa shape index (κ3) is 3.70. The lowest BCUT2D eigenvalue weighted by Crippen LogP contribution is -2.39. The normalized spacial score (nSPS) is 15.2. The topological polar surface area (TPSA) is 75.4 Å². The van der Waals surface area contributed by atoms with Crippen LogP contribution < -0.4 is 10.2 Å². The number of amides is 1. The molecule has 7 heteroatoms. The van der Waals surface area contributed by atoms with Crippen molar-refractivity contribution in [2.45, 2.75) is 26.7 Å². The Bertz CT molecular complexity index is 795. The van der Waals surface area contributed by atoms with Crippen LogP contribution >= 0.6 is 0 Å². The van der Waals surface area contributed by atoms with Crippen molar-refractivity contribution in [3.8, 4) is 0 Å². The van der Waals surface area contributed by atoms with Crippen molar-refractivity contribution in [1.82, 2.24) is 5.16 Å². The molecule has 2 heterocycles. The Morgan fingerprint density at radius 2 is 2.04 bits per heavy atom. The standard InChI is InChI=1S/C18H20FN3O3/c1-11-10-16(21-25-11)20-18(24)13-6-8-22(9-7-13)15-5-3-4-14(19)17(15)12(2)23/h3-5,10,13H,6-9H2,1-2H3,(H,20,21,24). The fourth-order valence-corrected chi connectivity index (χ4v) is 3.16. The molecular formula is C18H20FN3O3. The Balaban J connectivity index is 1.65. The van der Waals surface area contributed by atoms with E-state index in [9.17, 15) is 14.0 Å². The van der Waals surface area contributed by atoms with Crippen molar-refractivity contribution in [2.24, 2.45) is 5.92 Å². The average Bonchev–Trinajstić information content (AvgIpc) is 2.99. The van der Waals surface area contributed by atoms with Crippen LogP contribution in [0.4, 0.5) is 15.9 Å². The first-order chi connectivity index (χ1) is 12.0. The Morgan fingerprint density at radius 1 is 1.32 bits per heavy atom. The molecule has 0 aliphatic carbocycles. The number of Topliss-reactive ketones (excluding diaryl/α,β-unsaturated/α-hetero) is 1. The number of nitrogens with one attached hydrogen (secondary N) is 1. The van der Waals surface area contributed by atoms with E-state index in [2.05, 4.69) is 10.5 Å². The van der Waals surface area contributed by atoms with Gasteiger partial charge in [-0.25, -0.2) is 4.39 Å². The number of aromatic nitrogens is 1. The van der Waals surface area contributed by atoms with Gasteiger partial charge in [0.1, 0.15) is 11.6 Å². The SMILES string of the molecule is CC(=O)c1c(F)cccc1N1CCC(C(=O)Nc2cc(C)on2)CC1. The first kappa shape index (κ1) is 17.1. The lowest BCUT2D eigenvalue weighted by atomic mass is 9.94. The maximum atomic E-state index is 14.0. The summed E-state index contributed by atoms with van der Waals surface area (Å²) >= 11 is 0. The molecule has 1 aromatic heterocycles. The van der Waals surface area contributed by atoms with Crippen LogP contribution in [0.1, 0.15) is 35.9 Å². The molecule has 1 aromatic carbocycles. The van der Waals surface area contributed by atoms with Gasteiger partial charge in [0.15, 0.2) is 11.6 Å². The van der Waals surface area contributed by atoms with Crippen LogP contribution in [0.2, 0.25) is 0 Å². The molecule has 0 radical (unpaired) electrons. The average molecular weight is 345 g/mol. The van der Waals surface area contributed by atoms with Gasteiger partial charge < -0.3 is 14.7 Å². The van der Waals surface area contributed by atoms with Crippen molar-refractivity contribution in [3.05, 3.63) is 41.4 Å². The second kappa shape index (κ2) is 7.04. The number of nitrogens with zero attached hydrogens (tertiary/aromatic N) is 2. The van der Waals surface area contributed by atoms with Gasteiger partial charge in [0.2, 0.25) is 5.91 Å². The second-order valence-electron chi connectivity index (χ2n) is 6.26. The highest BCUT2D eigenvalue weighted by molar-refractivity contribution is 6.00. The number of rotatable bonds is 4. The van der Waals surface area contributed by atoms with E-state index in [-0.39, 0.29) is 23.2 Å². The summed E-state index contributed by atoms with van der Waals surface area (Å²) in [5.41, 5.74) is 0.710. The zero-order chi connectivity index (χ0) is 18.0. The molecule has 1 fully saturated rings. The van der Waals surface area contributed by atoms with Crippen molar-refractivity contribution >= 4 is 23.2 Å². The molecule has 0 atom stereocenters. The van der Waals surface area contributed by atoms with E-state index in [1.807, 2.05) is 4.90 Å². The van der Waals surface area contributed by atoms with Gasteiger partial charge in [0.25, 0.3) is 0 Å². The number of halogens is 1. The lowest BCUT2D eigenvalue weighted by Gasteiger charge is -2.33. The van der Waals surface area contributed by atoms with Gasteiger partial charge in [-0.05, 0) is 38.8 Å². The number of ketones is 1. The largest absolute Gasteiger partial charge is 0.371 e. The molecule has 1 saturated heterocycles. The monoisotopic (exact) mass is 345 g/mol. The summed E-state index contributed by atoms with van der Waals surface area (Å²) in [7, 11) is 0. The number of benzene rings is 1. The summed E-state index contributed by atoms with van der Waals surface area (Å²) in [5, 5.41) is 6.51. The Kier molecular flexibility index (Phi) is 4.83. The smallest absolute Gasteiger partial charge is 0.228 e. The summed E-state index contributed by atoms with van der Waals surface area (Å²) in [4.78, 5) is 26.0. The molecule has 25 heavy (non-hydrogen) atoms. The van der Waals surface area contributed by atoms with E-state index in [4.69, 9.17) is 4.52 Å². The van der Waals surface area contributed by atoms with E-state index in [0.717, 1.165) is 0 Å². The minimum absolute atomic E-state index is 0.0982. The van der Waals surface area contributed by atoms with Crippen molar-refractivity contribution in [3.63, 3.8) is 0 Å². The molecule has 0 bridgehead atoms. The van der Waals surface area contributed by atoms with Crippen LogP contribution in [-0.2, 0) is 4.79 Å². The molecule has 1 aliphatic rings. The van der Waals surface area contributed by atoms with Gasteiger partial charge >= 0.3 is 0 Å². The number of carbonyl (C=O) groups is 2. The van der Waals surface area contributed by atoms with E-state index in [1.165, 1.54) is 13.0 Å². The second-order valence-corrected chi connectivity index (χ2v) is 6.26. The van der Waals surface area contributed by atoms with Crippen LogP contribution in [0.25, 0.3) is 0 Å². The number of hydrogen-bond acceptors (Lipinski definition) is 5. The first-order valence-electron chi connectivity index (χ1n) is 8.24. The number of aryl methyl sites for hydroxylation is 1. The summed E-state index contributed by atoms with van der Waals surface area (Å²) in [6.07, 6.45) is 1.24. The fourth-order valence-electron chi connectivity index (χ4n) is 3.16. The molecule has 6 nitrogen and oxygen atoms in total. The summed E-state index contributed by atoms with van der Waals surface area (Å²) in [5.74, 6) is -0.0101. The molecule has 0 spiro atoms. The fraction of sp³-hybridized carbons (Fsp3) is 0.389. The number of piperidine rings is 1. The molecule has 1 amide bonds. The third-order valence-electron chi connectivity index (χ3n) is 4.43. The lowest BCUT2D eigenvalue weighted by molar-refractivity contribution is -0.120. The van der Waals surface area contributed by atoms with Gasteiger partial charge in [-0.15, -0.1) is 0 Å².